The second kappa shape index (κ2) is 5.05. The summed E-state index contributed by atoms with van der Waals surface area (Å²) in [6.07, 6.45) is 7.70. The minimum absolute atomic E-state index is 0.00403. The number of carbonyl (C=O) groups is 1. The fourth-order valence-corrected chi connectivity index (χ4v) is 6.00. The summed E-state index contributed by atoms with van der Waals surface area (Å²) in [4.78, 5) is 12.8. The van der Waals surface area contributed by atoms with Crippen molar-refractivity contribution in [2.45, 2.75) is 58.4 Å². The zero-order valence-electron chi connectivity index (χ0n) is 12.1. The normalized spacial score (nSPS) is 41.6. The predicted molar refractivity (Wildman–Crippen MR) is 81.2 cm³/mol. The van der Waals surface area contributed by atoms with Crippen LogP contribution in [0.3, 0.4) is 0 Å². The van der Waals surface area contributed by atoms with Crippen LogP contribution in [0.2, 0.25) is 0 Å². The quantitative estimate of drug-likeness (QED) is 0.783. The van der Waals surface area contributed by atoms with E-state index in [4.69, 9.17) is 0 Å². The Morgan fingerprint density at radius 2 is 1.63 bits per heavy atom. The largest absolute Gasteiger partial charge is 0.352 e. The van der Waals surface area contributed by atoms with Crippen LogP contribution >= 0.6 is 15.9 Å². The molecule has 4 fully saturated rings. The molecule has 0 spiro atoms. The molecule has 4 aliphatic carbocycles. The van der Waals surface area contributed by atoms with Gasteiger partial charge in [0.25, 0.3) is 0 Å². The second-order valence-electron chi connectivity index (χ2n) is 7.68. The van der Waals surface area contributed by atoms with Gasteiger partial charge in [-0.2, -0.15) is 0 Å². The lowest BCUT2D eigenvalue weighted by atomic mass is 9.49. The highest BCUT2D eigenvalue weighted by atomic mass is 79.9. The van der Waals surface area contributed by atoms with Crippen molar-refractivity contribution in [2.75, 3.05) is 5.33 Å². The highest BCUT2D eigenvalue weighted by Gasteiger charge is 2.54. The van der Waals surface area contributed by atoms with Crippen molar-refractivity contribution in [3.8, 4) is 0 Å². The highest BCUT2D eigenvalue weighted by molar-refractivity contribution is 9.09. The smallest absolute Gasteiger partial charge is 0.226 e. The molecule has 2 nitrogen and oxygen atoms in total. The van der Waals surface area contributed by atoms with E-state index in [2.05, 4.69) is 35.1 Å². The molecule has 0 saturated heterocycles. The lowest BCUT2D eigenvalue weighted by Gasteiger charge is -2.56. The van der Waals surface area contributed by atoms with E-state index in [0.717, 1.165) is 23.1 Å². The molecule has 4 saturated carbocycles. The molecule has 1 N–H and O–H groups in total. The summed E-state index contributed by atoms with van der Waals surface area (Å²) in [6, 6.07) is 0.278. The Kier molecular flexibility index (Phi) is 3.70. The molecule has 0 aromatic carbocycles. The molecular formula is C16H26BrNO. The third-order valence-corrected chi connectivity index (χ3v) is 6.50. The number of alkyl halides is 1. The third-order valence-electron chi connectivity index (χ3n) is 5.81. The van der Waals surface area contributed by atoms with E-state index < -0.39 is 0 Å². The summed E-state index contributed by atoms with van der Waals surface area (Å²) < 4.78 is 0. The molecule has 1 atom stereocenters. The molecule has 4 rings (SSSR count). The minimum Gasteiger partial charge on any atom is -0.352 e. The van der Waals surface area contributed by atoms with Crippen LogP contribution in [0.15, 0.2) is 0 Å². The van der Waals surface area contributed by atoms with E-state index >= 15 is 0 Å². The van der Waals surface area contributed by atoms with E-state index in [9.17, 15) is 4.79 Å². The fourth-order valence-electron chi connectivity index (χ4n) is 5.09. The zero-order valence-corrected chi connectivity index (χ0v) is 13.7. The van der Waals surface area contributed by atoms with Gasteiger partial charge in [0.05, 0.1) is 0 Å². The van der Waals surface area contributed by atoms with Crippen LogP contribution in [-0.2, 0) is 4.79 Å². The first kappa shape index (κ1) is 13.9. The molecule has 0 radical (unpaired) electrons. The molecule has 0 aromatic heterocycles. The van der Waals surface area contributed by atoms with Gasteiger partial charge in [0.2, 0.25) is 5.91 Å². The van der Waals surface area contributed by atoms with Crippen molar-refractivity contribution in [1.29, 1.82) is 0 Å². The molecule has 19 heavy (non-hydrogen) atoms. The summed E-state index contributed by atoms with van der Waals surface area (Å²) in [7, 11) is 0. The Morgan fingerprint density at radius 1 is 1.16 bits per heavy atom. The second-order valence-corrected chi connectivity index (χ2v) is 8.32. The van der Waals surface area contributed by atoms with E-state index in [1.165, 1.54) is 38.5 Å². The summed E-state index contributed by atoms with van der Waals surface area (Å²) in [5.41, 5.74) is 0.00403. The average molecular weight is 328 g/mol. The minimum atomic E-state index is 0.00403. The molecule has 108 valence electrons. The van der Waals surface area contributed by atoms with Gasteiger partial charge in [0.15, 0.2) is 0 Å². The van der Waals surface area contributed by atoms with Gasteiger partial charge in [-0.25, -0.2) is 0 Å². The first-order valence-corrected chi connectivity index (χ1v) is 9.01. The van der Waals surface area contributed by atoms with Crippen LogP contribution in [-0.4, -0.2) is 17.3 Å². The Labute approximate surface area is 125 Å². The molecule has 1 unspecified atom stereocenters. The van der Waals surface area contributed by atoms with E-state index in [-0.39, 0.29) is 11.5 Å². The van der Waals surface area contributed by atoms with Crippen molar-refractivity contribution in [3.05, 3.63) is 0 Å². The zero-order chi connectivity index (χ0) is 13.6. The van der Waals surface area contributed by atoms with Gasteiger partial charge in [-0.05, 0) is 62.2 Å². The Hall–Kier alpha value is -0.0500. The lowest BCUT2D eigenvalue weighted by Crippen LogP contribution is -2.56. The van der Waals surface area contributed by atoms with E-state index in [0.29, 0.717) is 11.8 Å². The molecule has 4 aliphatic rings. The van der Waals surface area contributed by atoms with Gasteiger partial charge in [-0.1, -0.05) is 29.8 Å². The van der Waals surface area contributed by atoms with Gasteiger partial charge < -0.3 is 5.32 Å². The maximum absolute atomic E-state index is 12.8. The SMILES string of the molecule is CC(C)C(CBr)NC(=O)C12CC3CC(CC(C3)C1)C2. The van der Waals surface area contributed by atoms with Crippen molar-refractivity contribution in [3.63, 3.8) is 0 Å². The number of rotatable bonds is 4. The molecule has 3 heteroatoms. The Morgan fingerprint density at radius 3 is 2.00 bits per heavy atom. The average Bonchev–Trinajstić information content (AvgIpc) is 2.33. The number of amides is 1. The van der Waals surface area contributed by atoms with Gasteiger partial charge in [0, 0.05) is 16.8 Å². The van der Waals surface area contributed by atoms with Crippen LogP contribution in [0.25, 0.3) is 0 Å². The van der Waals surface area contributed by atoms with Crippen molar-refractivity contribution in [2.24, 2.45) is 29.1 Å². The lowest BCUT2D eigenvalue weighted by molar-refractivity contribution is -0.147. The molecule has 0 aromatic rings. The molecule has 1 amide bonds. The summed E-state index contributed by atoms with van der Waals surface area (Å²) in [6.45, 7) is 4.37. The van der Waals surface area contributed by atoms with Gasteiger partial charge in [-0.15, -0.1) is 0 Å². The highest BCUT2D eigenvalue weighted by Crippen LogP contribution is 2.60. The van der Waals surface area contributed by atoms with Crippen molar-refractivity contribution in [1.82, 2.24) is 5.32 Å². The van der Waals surface area contributed by atoms with E-state index in [1.54, 1.807) is 0 Å². The maximum Gasteiger partial charge on any atom is 0.226 e. The summed E-state index contributed by atoms with van der Waals surface area (Å²) in [5, 5.41) is 4.20. The van der Waals surface area contributed by atoms with Crippen LogP contribution in [0, 0.1) is 29.1 Å². The Bertz CT molecular complexity index is 330. The summed E-state index contributed by atoms with van der Waals surface area (Å²) in [5.74, 6) is 3.40. The summed E-state index contributed by atoms with van der Waals surface area (Å²) >= 11 is 3.54. The fraction of sp³-hybridized carbons (Fsp3) is 0.938. The Balaban J connectivity index is 1.72. The monoisotopic (exact) mass is 327 g/mol. The molecule has 0 aliphatic heterocycles. The maximum atomic E-state index is 12.8. The number of hydrogen-bond donors (Lipinski definition) is 1. The molecule has 0 heterocycles. The number of carbonyl (C=O) groups excluding carboxylic acids is 1. The van der Waals surface area contributed by atoms with Gasteiger partial charge in [-0.3, -0.25) is 4.79 Å². The molecular weight excluding hydrogens is 302 g/mol. The standard InChI is InChI=1S/C16H26BrNO/c1-10(2)14(9-17)18-15(19)16-6-11-3-12(7-16)5-13(4-11)8-16/h10-14H,3-9H2,1-2H3,(H,18,19). The van der Waals surface area contributed by atoms with Crippen LogP contribution in [0.1, 0.15) is 52.4 Å². The number of hydrogen-bond acceptors (Lipinski definition) is 1. The first-order chi connectivity index (χ1) is 9.02. The van der Waals surface area contributed by atoms with Crippen molar-refractivity contribution < 1.29 is 4.79 Å². The third kappa shape index (κ3) is 2.48. The van der Waals surface area contributed by atoms with Crippen molar-refractivity contribution >= 4 is 21.8 Å². The molecule has 4 bridgehead atoms. The predicted octanol–water partition coefficient (Wildman–Crippen LogP) is 3.74. The number of nitrogens with one attached hydrogen (secondary N) is 1. The van der Waals surface area contributed by atoms with Gasteiger partial charge >= 0.3 is 0 Å². The van der Waals surface area contributed by atoms with E-state index in [1.807, 2.05) is 0 Å². The van der Waals surface area contributed by atoms with Crippen LogP contribution < -0.4 is 5.32 Å². The van der Waals surface area contributed by atoms with Gasteiger partial charge in [0.1, 0.15) is 0 Å². The first-order valence-electron chi connectivity index (χ1n) is 7.89. The van der Waals surface area contributed by atoms with Crippen LogP contribution in [0.5, 0.6) is 0 Å². The number of halogens is 1. The van der Waals surface area contributed by atoms with Crippen LogP contribution in [0.4, 0.5) is 0 Å². The topological polar surface area (TPSA) is 29.1 Å².